The molecule has 9 heteroatoms. The van der Waals surface area contributed by atoms with E-state index in [9.17, 15) is 18.0 Å². The number of nitrogens with zero attached hydrogens (tertiary/aromatic N) is 2. The second-order valence-corrected chi connectivity index (χ2v) is 7.60. The average Bonchev–Trinajstić information content (AvgIpc) is 2.54. The van der Waals surface area contributed by atoms with Crippen LogP contribution in [0, 0.1) is 0 Å². The maximum atomic E-state index is 12.3. The van der Waals surface area contributed by atoms with Crippen molar-refractivity contribution in [2.45, 2.75) is 4.90 Å². The van der Waals surface area contributed by atoms with Gasteiger partial charge in [0.15, 0.2) is 9.84 Å². The number of hydrogen-bond donors (Lipinski definition) is 1. The van der Waals surface area contributed by atoms with Crippen LogP contribution in [0.1, 0.15) is 10.4 Å². The van der Waals surface area contributed by atoms with Crippen LogP contribution in [-0.4, -0.2) is 76.1 Å². The van der Waals surface area contributed by atoms with Gasteiger partial charge in [-0.25, -0.2) is 8.42 Å². The van der Waals surface area contributed by atoms with Gasteiger partial charge in [0.1, 0.15) is 0 Å². The number of rotatable bonds is 4. The molecule has 0 aromatic heterocycles. The highest BCUT2D eigenvalue weighted by Crippen LogP contribution is 2.12. The summed E-state index contributed by atoms with van der Waals surface area (Å²) in [7, 11) is -1.73. The molecule has 1 heterocycles. The molecule has 0 bridgehead atoms. The molecule has 0 saturated carbocycles. The fourth-order valence-corrected chi connectivity index (χ4v) is 2.98. The zero-order chi connectivity index (χ0) is 17.0. The van der Waals surface area contributed by atoms with E-state index in [1.165, 1.54) is 29.2 Å². The van der Waals surface area contributed by atoms with Gasteiger partial charge in [-0.15, -0.1) is 12.4 Å². The molecule has 0 radical (unpaired) electrons. The molecule has 1 aromatic rings. The number of hydrogen-bond acceptors (Lipinski definition) is 5. The Kier molecular flexibility index (Phi) is 7.19. The lowest BCUT2D eigenvalue weighted by atomic mass is 10.2. The van der Waals surface area contributed by atoms with E-state index in [0.717, 1.165) is 19.3 Å². The number of amides is 2. The van der Waals surface area contributed by atoms with Crippen LogP contribution in [0.3, 0.4) is 0 Å². The van der Waals surface area contributed by atoms with Crippen LogP contribution < -0.4 is 5.32 Å². The SMILES string of the molecule is CN(CC(=O)N1CCNCC1)C(=O)c1ccc(S(C)(=O)=O)cc1.Cl. The zero-order valence-corrected chi connectivity index (χ0v) is 15.3. The first kappa shape index (κ1) is 20.4. The van der Waals surface area contributed by atoms with Gasteiger partial charge in [0.05, 0.1) is 11.4 Å². The average molecular weight is 376 g/mol. The maximum Gasteiger partial charge on any atom is 0.254 e. The molecule has 1 aromatic carbocycles. The fraction of sp³-hybridized carbons (Fsp3) is 0.467. The van der Waals surface area contributed by atoms with Crippen molar-refractivity contribution < 1.29 is 18.0 Å². The quantitative estimate of drug-likeness (QED) is 0.801. The summed E-state index contributed by atoms with van der Waals surface area (Å²) in [5, 5.41) is 3.17. The summed E-state index contributed by atoms with van der Waals surface area (Å²) < 4.78 is 22.8. The summed E-state index contributed by atoms with van der Waals surface area (Å²) in [6.45, 7) is 2.81. The Morgan fingerprint density at radius 3 is 2.21 bits per heavy atom. The van der Waals surface area contributed by atoms with Crippen LogP contribution in [0.25, 0.3) is 0 Å². The molecule has 134 valence electrons. The number of carbonyl (C=O) groups excluding carboxylic acids is 2. The van der Waals surface area contributed by atoms with Crippen molar-refractivity contribution in [2.24, 2.45) is 0 Å². The van der Waals surface area contributed by atoms with Crippen molar-refractivity contribution >= 4 is 34.1 Å². The van der Waals surface area contributed by atoms with Gasteiger partial charge in [-0.05, 0) is 24.3 Å². The van der Waals surface area contributed by atoms with Crippen LogP contribution in [0.2, 0.25) is 0 Å². The number of likely N-dealkylation sites (N-methyl/N-ethyl adjacent to an activating group) is 1. The molecule has 24 heavy (non-hydrogen) atoms. The van der Waals surface area contributed by atoms with E-state index in [1.54, 1.807) is 11.9 Å². The van der Waals surface area contributed by atoms with Crippen molar-refractivity contribution in [1.82, 2.24) is 15.1 Å². The minimum atomic E-state index is -3.29. The summed E-state index contributed by atoms with van der Waals surface area (Å²) in [5.41, 5.74) is 0.355. The lowest BCUT2D eigenvalue weighted by molar-refractivity contribution is -0.132. The Balaban J connectivity index is 0.00000288. The molecule has 0 atom stereocenters. The van der Waals surface area contributed by atoms with Crippen molar-refractivity contribution in [1.29, 1.82) is 0 Å². The van der Waals surface area contributed by atoms with Gasteiger partial charge in [-0.2, -0.15) is 0 Å². The van der Waals surface area contributed by atoms with Crippen LogP contribution in [-0.2, 0) is 14.6 Å². The van der Waals surface area contributed by atoms with E-state index in [1.807, 2.05) is 0 Å². The van der Waals surface area contributed by atoms with Gasteiger partial charge in [-0.3, -0.25) is 9.59 Å². The number of benzene rings is 1. The molecule has 2 amide bonds. The summed E-state index contributed by atoms with van der Waals surface area (Å²) in [6.07, 6.45) is 1.11. The van der Waals surface area contributed by atoms with Gasteiger partial charge >= 0.3 is 0 Å². The lowest BCUT2D eigenvalue weighted by Crippen LogP contribution is -2.49. The van der Waals surface area contributed by atoms with E-state index in [0.29, 0.717) is 18.7 Å². The van der Waals surface area contributed by atoms with Gasteiger partial charge in [-0.1, -0.05) is 0 Å². The highest BCUT2D eigenvalue weighted by molar-refractivity contribution is 7.90. The summed E-state index contributed by atoms with van der Waals surface area (Å²) in [5.74, 6) is -0.399. The Labute approximate surface area is 148 Å². The van der Waals surface area contributed by atoms with E-state index in [2.05, 4.69) is 5.32 Å². The van der Waals surface area contributed by atoms with Crippen molar-refractivity contribution in [3.8, 4) is 0 Å². The third-order valence-corrected chi connectivity index (χ3v) is 4.85. The highest BCUT2D eigenvalue weighted by Gasteiger charge is 2.21. The first-order valence-corrected chi connectivity index (χ1v) is 9.22. The Morgan fingerprint density at radius 1 is 1.17 bits per heavy atom. The first-order valence-electron chi connectivity index (χ1n) is 7.33. The Morgan fingerprint density at radius 2 is 1.71 bits per heavy atom. The minimum Gasteiger partial charge on any atom is -0.339 e. The molecule has 1 N–H and O–H groups in total. The predicted octanol–water partition coefficient (Wildman–Crippen LogP) is 0.0157. The zero-order valence-electron chi connectivity index (χ0n) is 13.7. The van der Waals surface area contributed by atoms with Crippen molar-refractivity contribution in [3.05, 3.63) is 29.8 Å². The van der Waals surface area contributed by atoms with E-state index >= 15 is 0 Å². The molecule has 0 spiro atoms. The van der Waals surface area contributed by atoms with E-state index in [4.69, 9.17) is 0 Å². The molecule has 1 fully saturated rings. The maximum absolute atomic E-state index is 12.3. The van der Waals surface area contributed by atoms with E-state index in [-0.39, 0.29) is 35.7 Å². The van der Waals surface area contributed by atoms with Gasteiger partial charge in [0.2, 0.25) is 5.91 Å². The molecular formula is C15H22ClN3O4S. The lowest BCUT2D eigenvalue weighted by Gasteiger charge is -2.29. The largest absolute Gasteiger partial charge is 0.339 e. The third kappa shape index (κ3) is 5.19. The molecular weight excluding hydrogens is 354 g/mol. The molecule has 0 unspecified atom stereocenters. The second kappa shape index (κ2) is 8.46. The van der Waals surface area contributed by atoms with Crippen LogP contribution in [0.5, 0.6) is 0 Å². The van der Waals surface area contributed by atoms with Crippen LogP contribution in [0.4, 0.5) is 0 Å². The van der Waals surface area contributed by atoms with Gasteiger partial charge in [0.25, 0.3) is 5.91 Å². The molecule has 1 aliphatic rings. The number of piperazine rings is 1. The molecule has 1 saturated heterocycles. The number of sulfone groups is 1. The van der Waals surface area contributed by atoms with Crippen molar-refractivity contribution in [2.75, 3.05) is 46.0 Å². The van der Waals surface area contributed by atoms with Gasteiger partial charge in [0, 0.05) is 45.0 Å². The van der Waals surface area contributed by atoms with Crippen molar-refractivity contribution in [3.63, 3.8) is 0 Å². The number of halogens is 1. The summed E-state index contributed by atoms with van der Waals surface area (Å²) >= 11 is 0. The first-order chi connectivity index (χ1) is 10.8. The van der Waals surface area contributed by atoms with E-state index < -0.39 is 9.84 Å². The smallest absolute Gasteiger partial charge is 0.254 e. The van der Waals surface area contributed by atoms with Crippen LogP contribution >= 0.6 is 12.4 Å². The predicted molar refractivity (Wildman–Crippen MR) is 93.2 cm³/mol. The summed E-state index contributed by atoms with van der Waals surface area (Å²) in [4.78, 5) is 27.7. The topological polar surface area (TPSA) is 86.8 Å². The molecule has 7 nitrogen and oxygen atoms in total. The highest BCUT2D eigenvalue weighted by atomic mass is 35.5. The Hall–Kier alpha value is -1.64. The number of nitrogens with one attached hydrogen (secondary N) is 1. The Bertz CT molecular complexity index is 685. The van der Waals surface area contributed by atoms with Gasteiger partial charge < -0.3 is 15.1 Å². The normalized spacial score (nSPS) is 14.7. The standard InChI is InChI=1S/C15H21N3O4S.ClH/c1-17(11-14(19)18-9-7-16-8-10-18)15(20)12-3-5-13(6-4-12)23(2,21)22;/h3-6,16H,7-11H2,1-2H3;1H. The minimum absolute atomic E-state index is 0. The summed E-state index contributed by atoms with van der Waals surface area (Å²) in [6, 6.07) is 5.72. The third-order valence-electron chi connectivity index (χ3n) is 3.72. The molecule has 2 rings (SSSR count). The molecule has 1 aliphatic heterocycles. The second-order valence-electron chi connectivity index (χ2n) is 5.59. The molecule has 0 aliphatic carbocycles. The fourth-order valence-electron chi connectivity index (χ4n) is 2.35. The van der Waals surface area contributed by atoms with Crippen LogP contribution in [0.15, 0.2) is 29.2 Å². The number of carbonyl (C=O) groups is 2. The monoisotopic (exact) mass is 375 g/mol.